The predicted molar refractivity (Wildman–Crippen MR) is 83.7 cm³/mol. The number of rotatable bonds is 8. The summed E-state index contributed by atoms with van der Waals surface area (Å²) in [6.45, 7) is 8.23. The molecular formula is C16H26N2O3. The molecule has 1 heterocycles. The highest BCUT2D eigenvalue weighted by Gasteiger charge is 2.33. The molecule has 1 unspecified atom stereocenters. The standard InChI is InChI=1S/C16H26N2O3/c1-6-8-9-16(4,21-7-2)15(19)18-13-10-12(3)14(20-5)17-11-13/h10-11H,6-9H2,1-5H3,(H,18,19). The predicted octanol–water partition coefficient (Wildman–Crippen LogP) is 3.32. The summed E-state index contributed by atoms with van der Waals surface area (Å²) < 4.78 is 10.8. The lowest BCUT2D eigenvalue weighted by atomic mass is 9.97. The van der Waals surface area contributed by atoms with Crippen LogP contribution in [0.15, 0.2) is 12.3 Å². The van der Waals surface area contributed by atoms with Crippen LogP contribution in [0.1, 0.15) is 45.6 Å². The monoisotopic (exact) mass is 294 g/mol. The molecule has 0 radical (unpaired) electrons. The summed E-state index contributed by atoms with van der Waals surface area (Å²) in [5.74, 6) is 0.427. The lowest BCUT2D eigenvalue weighted by Gasteiger charge is -2.28. The van der Waals surface area contributed by atoms with Gasteiger partial charge in [-0.1, -0.05) is 19.8 Å². The van der Waals surface area contributed by atoms with Crippen molar-refractivity contribution in [2.75, 3.05) is 19.0 Å². The number of nitrogens with one attached hydrogen (secondary N) is 1. The number of amides is 1. The van der Waals surface area contributed by atoms with E-state index in [0.29, 0.717) is 24.6 Å². The van der Waals surface area contributed by atoms with Gasteiger partial charge in [-0.2, -0.15) is 0 Å². The number of hydrogen-bond donors (Lipinski definition) is 1. The molecule has 1 rings (SSSR count). The van der Waals surface area contributed by atoms with E-state index in [2.05, 4.69) is 17.2 Å². The van der Waals surface area contributed by atoms with Crippen LogP contribution in [-0.4, -0.2) is 30.2 Å². The molecule has 1 atom stereocenters. The van der Waals surface area contributed by atoms with E-state index < -0.39 is 5.60 Å². The number of carbonyl (C=O) groups excluding carboxylic acids is 1. The van der Waals surface area contributed by atoms with Crippen LogP contribution in [0.25, 0.3) is 0 Å². The van der Waals surface area contributed by atoms with E-state index in [1.165, 1.54) is 0 Å². The van der Waals surface area contributed by atoms with Gasteiger partial charge >= 0.3 is 0 Å². The van der Waals surface area contributed by atoms with Gasteiger partial charge < -0.3 is 14.8 Å². The fourth-order valence-electron chi connectivity index (χ4n) is 2.19. The molecule has 118 valence electrons. The number of pyridine rings is 1. The molecule has 21 heavy (non-hydrogen) atoms. The minimum atomic E-state index is -0.807. The summed E-state index contributed by atoms with van der Waals surface area (Å²) in [5.41, 5.74) is 0.723. The Labute approximate surface area is 127 Å². The Morgan fingerprint density at radius 1 is 1.43 bits per heavy atom. The number of aryl methyl sites for hydroxylation is 1. The van der Waals surface area contributed by atoms with Crippen LogP contribution in [0.2, 0.25) is 0 Å². The normalized spacial score (nSPS) is 13.6. The Morgan fingerprint density at radius 2 is 2.14 bits per heavy atom. The number of hydrogen-bond acceptors (Lipinski definition) is 4. The highest BCUT2D eigenvalue weighted by atomic mass is 16.5. The van der Waals surface area contributed by atoms with Crippen LogP contribution in [0.4, 0.5) is 5.69 Å². The average Bonchev–Trinajstić information content (AvgIpc) is 2.45. The zero-order chi connectivity index (χ0) is 15.9. The van der Waals surface area contributed by atoms with Crippen molar-refractivity contribution in [2.45, 2.75) is 52.6 Å². The van der Waals surface area contributed by atoms with E-state index in [0.717, 1.165) is 18.4 Å². The number of aromatic nitrogens is 1. The number of carbonyl (C=O) groups is 1. The van der Waals surface area contributed by atoms with Crippen LogP contribution >= 0.6 is 0 Å². The second-order valence-corrected chi connectivity index (χ2v) is 5.27. The van der Waals surface area contributed by atoms with E-state index in [9.17, 15) is 4.79 Å². The Bertz CT molecular complexity index is 477. The molecule has 0 aliphatic rings. The van der Waals surface area contributed by atoms with E-state index in [1.807, 2.05) is 26.8 Å². The van der Waals surface area contributed by atoms with Crippen LogP contribution in [0, 0.1) is 6.92 Å². The zero-order valence-electron chi connectivity index (χ0n) is 13.7. The van der Waals surface area contributed by atoms with Gasteiger partial charge in [0.05, 0.1) is 19.0 Å². The Kier molecular flexibility index (Phi) is 6.62. The summed E-state index contributed by atoms with van der Waals surface area (Å²) >= 11 is 0. The Balaban J connectivity index is 2.83. The largest absolute Gasteiger partial charge is 0.481 e. The fourth-order valence-corrected chi connectivity index (χ4v) is 2.19. The van der Waals surface area contributed by atoms with Crippen molar-refractivity contribution in [1.29, 1.82) is 0 Å². The van der Waals surface area contributed by atoms with Crippen LogP contribution in [0.3, 0.4) is 0 Å². The molecule has 1 aromatic heterocycles. The first-order valence-corrected chi connectivity index (χ1v) is 7.42. The van der Waals surface area contributed by atoms with Crippen molar-refractivity contribution in [3.05, 3.63) is 17.8 Å². The molecule has 0 bridgehead atoms. The molecule has 1 amide bonds. The topological polar surface area (TPSA) is 60.5 Å². The first-order chi connectivity index (χ1) is 9.96. The second-order valence-electron chi connectivity index (χ2n) is 5.27. The minimum absolute atomic E-state index is 0.135. The third-order valence-corrected chi connectivity index (χ3v) is 3.43. The van der Waals surface area contributed by atoms with Gasteiger partial charge in [-0.05, 0) is 33.3 Å². The van der Waals surface area contributed by atoms with Crippen molar-refractivity contribution < 1.29 is 14.3 Å². The van der Waals surface area contributed by atoms with Gasteiger partial charge in [0.1, 0.15) is 5.60 Å². The maximum atomic E-state index is 12.5. The van der Waals surface area contributed by atoms with Gasteiger partial charge in [-0.3, -0.25) is 4.79 Å². The van der Waals surface area contributed by atoms with E-state index in [4.69, 9.17) is 9.47 Å². The molecule has 0 aliphatic carbocycles. The summed E-state index contributed by atoms with van der Waals surface area (Å²) in [6, 6.07) is 1.84. The van der Waals surface area contributed by atoms with Gasteiger partial charge in [-0.25, -0.2) is 4.98 Å². The molecule has 5 heteroatoms. The number of ether oxygens (including phenoxy) is 2. The maximum absolute atomic E-state index is 12.5. The fraction of sp³-hybridized carbons (Fsp3) is 0.625. The smallest absolute Gasteiger partial charge is 0.256 e. The van der Waals surface area contributed by atoms with Gasteiger partial charge in [0.15, 0.2) is 0 Å². The van der Waals surface area contributed by atoms with Crippen LogP contribution < -0.4 is 10.1 Å². The first kappa shape index (κ1) is 17.4. The molecule has 0 spiro atoms. The highest BCUT2D eigenvalue weighted by Crippen LogP contribution is 2.23. The molecule has 0 aliphatic heterocycles. The molecule has 0 fully saturated rings. The summed E-state index contributed by atoms with van der Waals surface area (Å²) in [6.07, 6.45) is 4.27. The van der Waals surface area contributed by atoms with Crippen molar-refractivity contribution in [3.8, 4) is 5.88 Å². The van der Waals surface area contributed by atoms with Crippen LogP contribution in [-0.2, 0) is 9.53 Å². The van der Waals surface area contributed by atoms with Gasteiger partial charge in [-0.15, -0.1) is 0 Å². The molecule has 1 aromatic rings. The Morgan fingerprint density at radius 3 is 2.67 bits per heavy atom. The van der Waals surface area contributed by atoms with E-state index in [1.54, 1.807) is 13.3 Å². The maximum Gasteiger partial charge on any atom is 0.256 e. The third kappa shape index (κ3) is 4.70. The van der Waals surface area contributed by atoms with Crippen LogP contribution in [0.5, 0.6) is 5.88 Å². The highest BCUT2D eigenvalue weighted by molar-refractivity contribution is 5.97. The van der Waals surface area contributed by atoms with Gasteiger partial charge in [0, 0.05) is 12.2 Å². The molecule has 1 N–H and O–H groups in total. The van der Waals surface area contributed by atoms with Gasteiger partial charge in [0.2, 0.25) is 5.88 Å². The van der Waals surface area contributed by atoms with Crippen molar-refractivity contribution >= 4 is 11.6 Å². The second kappa shape index (κ2) is 7.98. The lowest BCUT2D eigenvalue weighted by molar-refractivity contribution is -0.139. The number of methoxy groups -OCH3 is 1. The quantitative estimate of drug-likeness (QED) is 0.799. The SMILES string of the molecule is CCCCC(C)(OCC)C(=O)Nc1cnc(OC)c(C)c1. The number of nitrogens with zero attached hydrogens (tertiary/aromatic N) is 1. The third-order valence-electron chi connectivity index (χ3n) is 3.43. The molecule has 5 nitrogen and oxygen atoms in total. The van der Waals surface area contributed by atoms with E-state index >= 15 is 0 Å². The number of anilines is 1. The lowest BCUT2D eigenvalue weighted by Crippen LogP contribution is -2.42. The molecular weight excluding hydrogens is 268 g/mol. The Hall–Kier alpha value is -1.62. The van der Waals surface area contributed by atoms with Gasteiger partial charge in [0.25, 0.3) is 5.91 Å². The molecule has 0 aromatic carbocycles. The van der Waals surface area contributed by atoms with Crippen molar-refractivity contribution in [3.63, 3.8) is 0 Å². The van der Waals surface area contributed by atoms with Crippen molar-refractivity contribution in [1.82, 2.24) is 4.98 Å². The molecule has 0 saturated heterocycles. The minimum Gasteiger partial charge on any atom is -0.481 e. The first-order valence-electron chi connectivity index (χ1n) is 7.42. The van der Waals surface area contributed by atoms with Crippen molar-refractivity contribution in [2.24, 2.45) is 0 Å². The summed E-state index contributed by atoms with van der Waals surface area (Å²) in [7, 11) is 1.57. The summed E-state index contributed by atoms with van der Waals surface area (Å²) in [4.78, 5) is 16.7. The summed E-state index contributed by atoms with van der Waals surface area (Å²) in [5, 5.41) is 2.89. The zero-order valence-corrected chi connectivity index (χ0v) is 13.7. The van der Waals surface area contributed by atoms with E-state index in [-0.39, 0.29) is 5.91 Å². The number of unbranched alkanes of at least 4 members (excludes halogenated alkanes) is 1. The molecule has 0 saturated carbocycles. The average molecular weight is 294 g/mol.